The maximum absolute atomic E-state index is 11.8. The Morgan fingerprint density at radius 2 is 1.95 bits per heavy atom. The van der Waals surface area contributed by atoms with E-state index >= 15 is 0 Å². The largest absolute Gasteiger partial charge is 0.493 e. The molecule has 0 saturated carbocycles. The second kappa shape index (κ2) is 6.34. The molecule has 1 aliphatic heterocycles. The molecule has 1 aliphatic rings. The van der Waals surface area contributed by atoms with Crippen molar-refractivity contribution in [1.29, 1.82) is 0 Å². The summed E-state index contributed by atoms with van der Waals surface area (Å²) in [5.74, 6) is -0.0884. The number of amides is 2. The molecule has 0 aliphatic carbocycles. The summed E-state index contributed by atoms with van der Waals surface area (Å²) < 4.78 is 10.3. The molecular formula is C14H18N2O5. The molecule has 114 valence electrons. The molecule has 1 heterocycles. The van der Waals surface area contributed by atoms with Gasteiger partial charge in [0.15, 0.2) is 11.5 Å². The van der Waals surface area contributed by atoms with Crippen LogP contribution in [0, 0.1) is 5.92 Å². The standard InChI is InChI=1S/C14H18N2O5/c1-20-11-4-3-9(5-12(11)21-2)6-15-14(19)16-7-10(8-16)13(17)18/h3-5,10H,6-8H2,1-2H3,(H,15,19)(H,17,18). The fraction of sp³-hybridized carbons (Fsp3) is 0.429. The Bertz CT molecular complexity index is 540. The van der Waals surface area contributed by atoms with E-state index in [1.165, 1.54) is 4.90 Å². The zero-order valence-electron chi connectivity index (χ0n) is 12.0. The Morgan fingerprint density at radius 3 is 2.52 bits per heavy atom. The number of carboxylic acid groups (broad SMARTS) is 1. The van der Waals surface area contributed by atoms with Gasteiger partial charge in [-0.3, -0.25) is 4.79 Å². The van der Waals surface area contributed by atoms with Gasteiger partial charge in [-0.1, -0.05) is 6.07 Å². The van der Waals surface area contributed by atoms with Gasteiger partial charge in [-0.15, -0.1) is 0 Å². The Balaban J connectivity index is 1.86. The molecule has 0 spiro atoms. The van der Waals surface area contributed by atoms with Gasteiger partial charge in [0.25, 0.3) is 0 Å². The van der Waals surface area contributed by atoms with Gasteiger partial charge in [-0.2, -0.15) is 0 Å². The smallest absolute Gasteiger partial charge is 0.317 e. The number of hydrogen-bond donors (Lipinski definition) is 2. The van der Waals surface area contributed by atoms with Crippen molar-refractivity contribution in [3.63, 3.8) is 0 Å². The molecule has 0 radical (unpaired) electrons. The number of urea groups is 1. The highest BCUT2D eigenvalue weighted by Gasteiger charge is 2.35. The van der Waals surface area contributed by atoms with Crippen LogP contribution in [0.3, 0.4) is 0 Å². The lowest BCUT2D eigenvalue weighted by Crippen LogP contribution is -2.56. The molecule has 0 atom stereocenters. The molecule has 7 nitrogen and oxygen atoms in total. The van der Waals surface area contributed by atoms with Crippen LogP contribution in [-0.2, 0) is 11.3 Å². The Hall–Kier alpha value is -2.44. The maximum atomic E-state index is 11.8. The molecule has 1 fully saturated rings. The topological polar surface area (TPSA) is 88.1 Å². The highest BCUT2D eigenvalue weighted by atomic mass is 16.5. The lowest BCUT2D eigenvalue weighted by atomic mass is 10.0. The van der Waals surface area contributed by atoms with Crippen molar-refractivity contribution >= 4 is 12.0 Å². The van der Waals surface area contributed by atoms with E-state index in [0.29, 0.717) is 18.0 Å². The molecule has 2 amide bonds. The van der Waals surface area contributed by atoms with E-state index < -0.39 is 11.9 Å². The van der Waals surface area contributed by atoms with Gasteiger partial charge in [0.1, 0.15) is 0 Å². The summed E-state index contributed by atoms with van der Waals surface area (Å²) in [6.07, 6.45) is 0. The van der Waals surface area contributed by atoms with Crippen molar-refractivity contribution in [2.24, 2.45) is 5.92 Å². The number of ether oxygens (including phenoxy) is 2. The number of carbonyl (C=O) groups excluding carboxylic acids is 1. The predicted octanol–water partition coefficient (Wildman–Crippen LogP) is 0.930. The summed E-state index contributed by atoms with van der Waals surface area (Å²) in [6.45, 7) is 0.855. The number of hydrogen-bond acceptors (Lipinski definition) is 4. The van der Waals surface area contributed by atoms with Gasteiger partial charge in [-0.25, -0.2) is 4.79 Å². The van der Waals surface area contributed by atoms with Gasteiger partial charge in [0.2, 0.25) is 0 Å². The van der Waals surface area contributed by atoms with Crippen LogP contribution in [0.4, 0.5) is 4.79 Å². The van der Waals surface area contributed by atoms with Gasteiger partial charge >= 0.3 is 12.0 Å². The number of carboxylic acids is 1. The van der Waals surface area contributed by atoms with Crippen LogP contribution in [0.15, 0.2) is 18.2 Å². The van der Waals surface area contributed by atoms with Crippen LogP contribution >= 0.6 is 0 Å². The SMILES string of the molecule is COc1ccc(CNC(=O)N2CC(C(=O)O)C2)cc1OC. The Kier molecular flexibility index (Phi) is 4.52. The van der Waals surface area contributed by atoms with E-state index in [2.05, 4.69) is 5.32 Å². The third kappa shape index (κ3) is 3.36. The number of methoxy groups -OCH3 is 2. The molecular weight excluding hydrogens is 276 g/mol. The first-order valence-corrected chi connectivity index (χ1v) is 6.51. The van der Waals surface area contributed by atoms with Crippen LogP contribution in [0.1, 0.15) is 5.56 Å². The molecule has 2 N–H and O–H groups in total. The number of rotatable bonds is 5. The van der Waals surface area contributed by atoms with Gasteiger partial charge in [0.05, 0.1) is 20.1 Å². The van der Waals surface area contributed by atoms with Crippen LogP contribution in [-0.4, -0.2) is 49.3 Å². The number of nitrogens with one attached hydrogen (secondary N) is 1. The van der Waals surface area contributed by atoms with E-state index in [4.69, 9.17) is 14.6 Å². The van der Waals surface area contributed by atoms with E-state index in [1.807, 2.05) is 6.07 Å². The first-order chi connectivity index (χ1) is 10.0. The zero-order chi connectivity index (χ0) is 15.4. The number of carbonyl (C=O) groups is 2. The van der Waals surface area contributed by atoms with Crippen molar-refractivity contribution in [3.05, 3.63) is 23.8 Å². The zero-order valence-corrected chi connectivity index (χ0v) is 12.0. The minimum atomic E-state index is -0.862. The number of nitrogens with zero attached hydrogens (tertiary/aromatic N) is 1. The van der Waals surface area contributed by atoms with Gasteiger partial charge < -0.3 is 24.8 Å². The minimum Gasteiger partial charge on any atom is -0.493 e. The highest BCUT2D eigenvalue weighted by Crippen LogP contribution is 2.27. The summed E-state index contributed by atoms with van der Waals surface area (Å²) in [5, 5.41) is 11.5. The molecule has 21 heavy (non-hydrogen) atoms. The normalized spacial score (nSPS) is 14.3. The van der Waals surface area contributed by atoms with Crippen molar-refractivity contribution < 1.29 is 24.2 Å². The van der Waals surface area contributed by atoms with Crippen LogP contribution in [0.5, 0.6) is 11.5 Å². The lowest BCUT2D eigenvalue weighted by Gasteiger charge is -2.36. The van der Waals surface area contributed by atoms with Crippen LogP contribution in [0.2, 0.25) is 0 Å². The van der Waals surface area contributed by atoms with E-state index in [1.54, 1.807) is 26.4 Å². The molecule has 1 saturated heterocycles. The summed E-state index contributed by atoms with van der Waals surface area (Å²) in [7, 11) is 3.11. The van der Waals surface area contributed by atoms with E-state index in [0.717, 1.165) is 5.56 Å². The fourth-order valence-electron chi connectivity index (χ4n) is 2.08. The predicted molar refractivity (Wildman–Crippen MR) is 74.5 cm³/mol. The average molecular weight is 294 g/mol. The highest BCUT2D eigenvalue weighted by molar-refractivity contribution is 5.79. The number of aliphatic carboxylic acids is 1. The second-order valence-corrected chi connectivity index (χ2v) is 4.79. The summed E-state index contributed by atoms with van der Waals surface area (Å²) >= 11 is 0. The summed E-state index contributed by atoms with van der Waals surface area (Å²) in [6, 6.07) is 5.12. The molecule has 1 aromatic rings. The molecule has 7 heteroatoms. The van der Waals surface area contributed by atoms with Crippen LogP contribution < -0.4 is 14.8 Å². The fourth-order valence-corrected chi connectivity index (χ4v) is 2.08. The summed E-state index contributed by atoms with van der Waals surface area (Å²) in [4.78, 5) is 24.0. The molecule has 0 bridgehead atoms. The maximum Gasteiger partial charge on any atom is 0.317 e. The quantitative estimate of drug-likeness (QED) is 0.843. The Morgan fingerprint density at radius 1 is 1.29 bits per heavy atom. The molecule has 0 aromatic heterocycles. The Labute approximate surface area is 122 Å². The third-order valence-electron chi connectivity index (χ3n) is 3.41. The molecule has 1 aromatic carbocycles. The van der Waals surface area contributed by atoms with Crippen LogP contribution in [0.25, 0.3) is 0 Å². The lowest BCUT2D eigenvalue weighted by molar-refractivity contribution is -0.146. The first kappa shape index (κ1) is 15.0. The molecule has 0 unspecified atom stereocenters. The van der Waals surface area contributed by atoms with Gasteiger partial charge in [0, 0.05) is 19.6 Å². The van der Waals surface area contributed by atoms with Crippen molar-refractivity contribution in [2.45, 2.75) is 6.54 Å². The average Bonchev–Trinajstić information content (AvgIpc) is 2.42. The van der Waals surface area contributed by atoms with Crippen molar-refractivity contribution in [1.82, 2.24) is 10.2 Å². The molecule has 2 rings (SSSR count). The van der Waals surface area contributed by atoms with Crippen molar-refractivity contribution in [2.75, 3.05) is 27.3 Å². The number of benzene rings is 1. The van der Waals surface area contributed by atoms with Crippen molar-refractivity contribution in [3.8, 4) is 11.5 Å². The van der Waals surface area contributed by atoms with E-state index in [-0.39, 0.29) is 19.1 Å². The summed E-state index contributed by atoms with van der Waals surface area (Å²) in [5.41, 5.74) is 0.872. The monoisotopic (exact) mass is 294 g/mol. The second-order valence-electron chi connectivity index (χ2n) is 4.79. The first-order valence-electron chi connectivity index (χ1n) is 6.51. The van der Waals surface area contributed by atoms with E-state index in [9.17, 15) is 9.59 Å². The minimum absolute atomic E-state index is 0.257. The number of likely N-dealkylation sites (tertiary alicyclic amines) is 1. The van der Waals surface area contributed by atoms with Gasteiger partial charge in [-0.05, 0) is 17.7 Å². The third-order valence-corrected chi connectivity index (χ3v) is 3.41.